The summed E-state index contributed by atoms with van der Waals surface area (Å²) < 4.78 is 10.0. The number of amides is 1. The summed E-state index contributed by atoms with van der Waals surface area (Å²) in [5.74, 6) is -0.949. The number of carbonyl (C=O) groups is 2. The second-order valence-corrected chi connectivity index (χ2v) is 3.62. The van der Waals surface area contributed by atoms with Crippen LogP contribution in [0.15, 0.2) is 24.3 Å². The van der Waals surface area contributed by atoms with Gasteiger partial charge >= 0.3 is 5.97 Å². The second-order valence-electron chi connectivity index (χ2n) is 3.62. The van der Waals surface area contributed by atoms with E-state index in [2.05, 4.69) is 0 Å². The SMILES string of the molecule is CCC(OC(=O)COc1ccccc1N)C(N)=O. The minimum absolute atomic E-state index is 0.321. The van der Waals surface area contributed by atoms with Crippen LogP contribution in [0.25, 0.3) is 0 Å². The molecule has 1 aromatic rings. The molecule has 0 spiro atoms. The van der Waals surface area contributed by atoms with Crippen molar-refractivity contribution < 1.29 is 19.1 Å². The van der Waals surface area contributed by atoms with Crippen molar-refractivity contribution >= 4 is 17.6 Å². The fourth-order valence-corrected chi connectivity index (χ4v) is 1.28. The summed E-state index contributed by atoms with van der Waals surface area (Å²) in [7, 11) is 0. The first-order valence-corrected chi connectivity index (χ1v) is 5.50. The van der Waals surface area contributed by atoms with Gasteiger partial charge in [0.25, 0.3) is 5.91 Å². The van der Waals surface area contributed by atoms with E-state index in [0.717, 1.165) is 0 Å². The smallest absolute Gasteiger partial charge is 0.344 e. The Kier molecular flexibility index (Phi) is 4.98. The Balaban J connectivity index is 2.47. The number of carbonyl (C=O) groups excluding carboxylic acids is 2. The molecule has 0 heterocycles. The highest BCUT2D eigenvalue weighted by Gasteiger charge is 2.18. The van der Waals surface area contributed by atoms with Gasteiger partial charge in [0.1, 0.15) is 5.75 Å². The number of hydrogen-bond acceptors (Lipinski definition) is 5. The highest BCUT2D eigenvalue weighted by Crippen LogP contribution is 2.19. The monoisotopic (exact) mass is 252 g/mol. The molecule has 0 aliphatic rings. The quantitative estimate of drug-likeness (QED) is 0.565. The fraction of sp³-hybridized carbons (Fsp3) is 0.333. The third kappa shape index (κ3) is 3.97. The van der Waals surface area contributed by atoms with E-state index in [9.17, 15) is 9.59 Å². The minimum Gasteiger partial charge on any atom is -0.480 e. The Labute approximate surface area is 105 Å². The number of hydrogen-bond donors (Lipinski definition) is 2. The number of primary amides is 1. The lowest BCUT2D eigenvalue weighted by atomic mass is 10.3. The van der Waals surface area contributed by atoms with Gasteiger partial charge in [0, 0.05) is 0 Å². The lowest BCUT2D eigenvalue weighted by Gasteiger charge is -2.13. The van der Waals surface area contributed by atoms with Gasteiger partial charge in [-0.2, -0.15) is 0 Å². The van der Waals surface area contributed by atoms with Crippen LogP contribution < -0.4 is 16.2 Å². The molecule has 0 fully saturated rings. The van der Waals surface area contributed by atoms with E-state index in [1.54, 1.807) is 31.2 Å². The Bertz CT molecular complexity index is 434. The molecular weight excluding hydrogens is 236 g/mol. The Hall–Kier alpha value is -2.24. The van der Waals surface area contributed by atoms with Gasteiger partial charge in [-0.15, -0.1) is 0 Å². The molecule has 0 saturated carbocycles. The molecule has 6 heteroatoms. The Morgan fingerprint density at radius 1 is 1.33 bits per heavy atom. The molecule has 0 radical (unpaired) electrons. The molecule has 0 saturated heterocycles. The maximum atomic E-state index is 11.4. The van der Waals surface area contributed by atoms with Crippen LogP contribution in [0.3, 0.4) is 0 Å². The van der Waals surface area contributed by atoms with Gasteiger partial charge < -0.3 is 20.9 Å². The van der Waals surface area contributed by atoms with Crippen molar-refractivity contribution in [3.05, 3.63) is 24.3 Å². The molecule has 0 aliphatic carbocycles. The summed E-state index contributed by atoms with van der Waals surface area (Å²) in [6.07, 6.45) is -0.594. The van der Waals surface area contributed by atoms with E-state index < -0.39 is 18.0 Å². The first-order valence-electron chi connectivity index (χ1n) is 5.50. The number of ether oxygens (including phenoxy) is 2. The predicted molar refractivity (Wildman–Crippen MR) is 65.7 cm³/mol. The van der Waals surface area contributed by atoms with Crippen molar-refractivity contribution in [2.45, 2.75) is 19.4 Å². The summed E-state index contributed by atoms with van der Waals surface area (Å²) in [5.41, 5.74) is 11.1. The van der Waals surface area contributed by atoms with E-state index >= 15 is 0 Å². The van der Waals surface area contributed by atoms with Gasteiger partial charge in [-0.1, -0.05) is 19.1 Å². The van der Waals surface area contributed by atoms with Crippen LogP contribution in [0.1, 0.15) is 13.3 Å². The van der Waals surface area contributed by atoms with Gasteiger partial charge in [-0.05, 0) is 18.6 Å². The van der Waals surface area contributed by atoms with Crippen molar-refractivity contribution in [2.75, 3.05) is 12.3 Å². The van der Waals surface area contributed by atoms with Crippen LogP contribution in [-0.2, 0) is 14.3 Å². The van der Waals surface area contributed by atoms with E-state index in [-0.39, 0.29) is 6.61 Å². The van der Waals surface area contributed by atoms with Crippen molar-refractivity contribution in [1.29, 1.82) is 0 Å². The molecule has 0 aliphatic heterocycles. The molecule has 1 atom stereocenters. The topological polar surface area (TPSA) is 105 Å². The van der Waals surface area contributed by atoms with Gasteiger partial charge in [-0.25, -0.2) is 4.79 Å². The molecule has 0 bridgehead atoms. The lowest BCUT2D eigenvalue weighted by molar-refractivity contribution is -0.156. The van der Waals surface area contributed by atoms with Crippen LogP contribution in [0.4, 0.5) is 5.69 Å². The zero-order chi connectivity index (χ0) is 13.5. The number of esters is 1. The minimum atomic E-state index is -0.922. The normalized spacial score (nSPS) is 11.6. The van der Waals surface area contributed by atoms with Gasteiger partial charge in [-0.3, -0.25) is 4.79 Å². The maximum absolute atomic E-state index is 11.4. The van der Waals surface area contributed by atoms with Crippen LogP contribution in [0.2, 0.25) is 0 Å². The average Bonchev–Trinajstić information content (AvgIpc) is 2.34. The van der Waals surface area contributed by atoms with Crippen molar-refractivity contribution in [3.63, 3.8) is 0 Å². The van der Waals surface area contributed by atoms with Gasteiger partial charge in [0.15, 0.2) is 12.7 Å². The summed E-state index contributed by atoms with van der Waals surface area (Å²) in [5, 5.41) is 0. The number of para-hydroxylation sites is 2. The number of benzene rings is 1. The number of nitrogen functional groups attached to an aromatic ring is 1. The number of nitrogens with two attached hydrogens (primary N) is 2. The van der Waals surface area contributed by atoms with E-state index in [0.29, 0.717) is 17.9 Å². The van der Waals surface area contributed by atoms with E-state index in [4.69, 9.17) is 20.9 Å². The highest BCUT2D eigenvalue weighted by molar-refractivity contribution is 5.82. The molecular formula is C12H16N2O4. The van der Waals surface area contributed by atoms with Crippen molar-refractivity contribution in [3.8, 4) is 5.75 Å². The molecule has 4 N–H and O–H groups in total. The molecule has 1 amide bonds. The zero-order valence-corrected chi connectivity index (χ0v) is 10.1. The first-order chi connectivity index (χ1) is 8.54. The average molecular weight is 252 g/mol. The van der Waals surface area contributed by atoms with E-state index in [1.807, 2.05) is 0 Å². The second kappa shape index (κ2) is 6.48. The largest absolute Gasteiger partial charge is 0.480 e. The summed E-state index contributed by atoms with van der Waals surface area (Å²) in [6.45, 7) is 1.37. The molecule has 98 valence electrons. The van der Waals surface area contributed by atoms with Gasteiger partial charge in [0.2, 0.25) is 0 Å². The molecule has 1 unspecified atom stereocenters. The molecule has 6 nitrogen and oxygen atoms in total. The fourth-order valence-electron chi connectivity index (χ4n) is 1.28. The highest BCUT2D eigenvalue weighted by atomic mass is 16.6. The lowest BCUT2D eigenvalue weighted by Crippen LogP contribution is -2.34. The molecule has 1 aromatic carbocycles. The third-order valence-corrected chi connectivity index (χ3v) is 2.23. The van der Waals surface area contributed by atoms with Crippen LogP contribution in [-0.4, -0.2) is 24.6 Å². The summed E-state index contributed by atoms with van der Waals surface area (Å²) in [4.78, 5) is 22.3. The summed E-state index contributed by atoms with van der Waals surface area (Å²) >= 11 is 0. The van der Waals surface area contributed by atoms with E-state index in [1.165, 1.54) is 0 Å². The van der Waals surface area contributed by atoms with Crippen LogP contribution in [0, 0.1) is 0 Å². The van der Waals surface area contributed by atoms with Crippen molar-refractivity contribution in [1.82, 2.24) is 0 Å². The predicted octanol–water partition coefficient (Wildman–Crippen LogP) is 0.455. The van der Waals surface area contributed by atoms with Crippen LogP contribution >= 0.6 is 0 Å². The Morgan fingerprint density at radius 3 is 2.56 bits per heavy atom. The first kappa shape index (κ1) is 13.8. The number of anilines is 1. The Morgan fingerprint density at radius 2 is 2.00 bits per heavy atom. The number of rotatable bonds is 6. The van der Waals surface area contributed by atoms with Gasteiger partial charge in [0.05, 0.1) is 5.69 Å². The molecule has 0 aromatic heterocycles. The third-order valence-electron chi connectivity index (χ3n) is 2.23. The molecule has 1 rings (SSSR count). The van der Waals surface area contributed by atoms with Crippen LogP contribution in [0.5, 0.6) is 5.75 Å². The maximum Gasteiger partial charge on any atom is 0.344 e. The molecule has 18 heavy (non-hydrogen) atoms. The van der Waals surface area contributed by atoms with Crippen molar-refractivity contribution in [2.24, 2.45) is 5.73 Å². The zero-order valence-electron chi connectivity index (χ0n) is 10.1. The summed E-state index contributed by atoms with van der Waals surface area (Å²) in [6, 6.07) is 6.77. The standard InChI is InChI=1S/C12H16N2O4/c1-2-9(12(14)16)18-11(15)7-17-10-6-4-3-5-8(10)13/h3-6,9H,2,7,13H2,1H3,(H2,14,16).